The van der Waals surface area contributed by atoms with E-state index in [-0.39, 0.29) is 12.0 Å². The summed E-state index contributed by atoms with van der Waals surface area (Å²) < 4.78 is 4.60. The van der Waals surface area contributed by atoms with Crippen molar-refractivity contribution in [1.29, 1.82) is 0 Å². The van der Waals surface area contributed by atoms with E-state index in [2.05, 4.69) is 10.1 Å². The maximum atomic E-state index is 11.1. The van der Waals surface area contributed by atoms with Crippen LogP contribution in [0.5, 0.6) is 0 Å². The molecule has 2 N–H and O–H groups in total. The molecule has 0 aliphatic carbocycles. The summed E-state index contributed by atoms with van der Waals surface area (Å²) in [4.78, 5) is 11.1. The largest absolute Gasteiger partial charge is 0.469 e. The van der Waals surface area contributed by atoms with Gasteiger partial charge in [-0.3, -0.25) is 4.79 Å². The van der Waals surface area contributed by atoms with Crippen LogP contribution in [0.25, 0.3) is 0 Å². The molecular formula is C14H21NO3. The molecule has 4 nitrogen and oxygen atoms in total. The molecule has 1 rings (SSSR count). The molecule has 0 spiro atoms. The second-order valence-electron chi connectivity index (χ2n) is 4.37. The summed E-state index contributed by atoms with van der Waals surface area (Å²) in [5.74, 6) is -0.258. The summed E-state index contributed by atoms with van der Waals surface area (Å²) in [6.45, 7) is 2.00. The summed E-state index contributed by atoms with van der Waals surface area (Å²) in [7, 11) is 3.15. The van der Waals surface area contributed by atoms with E-state index >= 15 is 0 Å². The number of rotatable bonds is 6. The molecule has 0 aliphatic rings. The smallest absolute Gasteiger partial charge is 0.305 e. The highest BCUT2D eigenvalue weighted by molar-refractivity contribution is 5.69. The Kier molecular flexibility index (Phi) is 5.82. The van der Waals surface area contributed by atoms with E-state index in [0.717, 1.165) is 11.1 Å². The topological polar surface area (TPSA) is 58.6 Å². The van der Waals surface area contributed by atoms with Crippen LogP contribution < -0.4 is 5.32 Å². The lowest BCUT2D eigenvalue weighted by molar-refractivity contribution is -0.140. The van der Waals surface area contributed by atoms with Crippen molar-refractivity contribution in [3.8, 4) is 0 Å². The summed E-state index contributed by atoms with van der Waals surface area (Å²) >= 11 is 0. The van der Waals surface area contributed by atoms with E-state index in [4.69, 9.17) is 0 Å². The molecule has 4 heteroatoms. The van der Waals surface area contributed by atoms with Crippen LogP contribution in [-0.4, -0.2) is 31.3 Å². The van der Waals surface area contributed by atoms with Gasteiger partial charge in [0.05, 0.1) is 13.2 Å². The van der Waals surface area contributed by atoms with Gasteiger partial charge in [0.15, 0.2) is 0 Å². The summed E-state index contributed by atoms with van der Waals surface area (Å²) in [6.07, 6.45) is 0.212. The third-order valence-corrected chi connectivity index (χ3v) is 3.06. The molecule has 0 saturated carbocycles. The maximum Gasteiger partial charge on any atom is 0.305 e. The van der Waals surface area contributed by atoms with Gasteiger partial charge in [0.1, 0.15) is 0 Å². The van der Waals surface area contributed by atoms with Gasteiger partial charge >= 0.3 is 5.97 Å². The number of carbonyl (C=O) groups excluding carboxylic acids is 1. The second-order valence-corrected chi connectivity index (χ2v) is 4.37. The third-order valence-electron chi connectivity index (χ3n) is 3.06. The Labute approximate surface area is 108 Å². The van der Waals surface area contributed by atoms with Crippen LogP contribution in [0.3, 0.4) is 0 Å². The number of nitrogens with one attached hydrogen (secondary N) is 1. The summed E-state index contributed by atoms with van der Waals surface area (Å²) in [6, 6.07) is 7.58. The van der Waals surface area contributed by atoms with Gasteiger partial charge < -0.3 is 15.2 Å². The first-order valence-corrected chi connectivity index (χ1v) is 6.07. The Morgan fingerprint density at radius 2 is 2.00 bits per heavy atom. The molecule has 0 saturated heterocycles. The van der Waals surface area contributed by atoms with Crippen LogP contribution in [0.15, 0.2) is 24.3 Å². The van der Waals surface area contributed by atoms with Gasteiger partial charge in [0.2, 0.25) is 0 Å². The van der Waals surface area contributed by atoms with Crippen LogP contribution in [0, 0.1) is 6.92 Å². The fourth-order valence-corrected chi connectivity index (χ4v) is 1.83. The molecule has 100 valence electrons. The molecule has 0 aromatic heterocycles. The molecule has 1 aromatic rings. The van der Waals surface area contributed by atoms with Gasteiger partial charge in [-0.25, -0.2) is 0 Å². The Morgan fingerprint density at radius 3 is 2.50 bits per heavy atom. The number of hydrogen-bond acceptors (Lipinski definition) is 4. The molecule has 0 heterocycles. The average molecular weight is 251 g/mol. The number of aliphatic hydroxyl groups is 1. The lowest BCUT2D eigenvalue weighted by Gasteiger charge is -2.22. The molecular weight excluding hydrogens is 230 g/mol. The van der Waals surface area contributed by atoms with Crippen molar-refractivity contribution in [1.82, 2.24) is 5.32 Å². The van der Waals surface area contributed by atoms with Gasteiger partial charge in [-0.2, -0.15) is 0 Å². The van der Waals surface area contributed by atoms with Crippen molar-refractivity contribution in [3.05, 3.63) is 35.4 Å². The molecule has 0 bridgehead atoms. The number of aliphatic hydroxyl groups excluding tert-OH is 1. The fraction of sp³-hybridized carbons (Fsp3) is 0.500. The van der Waals surface area contributed by atoms with E-state index in [1.165, 1.54) is 7.11 Å². The fourth-order valence-electron chi connectivity index (χ4n) is 1.83. The van der Waals surface area contributed by atoms with Crippen LogP contribution in [0.1, 0.15) is 30.1 Å². The number of methoxy groups -OCH3 is 1. The predicted molar refractivity (Wildman–Crippen MR) is 70.2 cm³/mol. The van der Waals surface area contributed by atoms with E-state index in [1.54, 1.807) is 7.05 Å². The molecule has 0 aliphatic heterocycles. The standard InChI is InChI=1S/C14H21NO3/c1-10-4-6-11(7-5-10)14(17)12(15-2)8-9-13(16)18-3/h4-7,12,14-15,17H,8-9H2,1-3H3. The van der Waals surface area contributed by atoms with Crippen LogP contribution >= 0.6 is 0 Å². The van der Waals surface area contributed by atoms with Crippen molar-refractivity contribution in [2.75, 3.05) is 14.2 Å². The van der Waals surface area contributed by atoms with Gasteiger partial charge in [-0.1, -0.05) is 29.8 Å². The van der Waals surface area contributed by atoms with Crippen molar-refractivity contribution < 1.29 is 14.6 Å². The zero-order chi connectivity index (χ0) is 13.5. The molecule has 2 atom stereocenters. The first-order chi connectivity index (χ1) is 8.58. The highest BCUT2D eigenvalue weighted by Crippen LogP contribution is 2.20. The molecule has 0 radical (unpaired) electrons. The Balaban J connectivity index is 2.63. The van der Waals surface area contributed by atoms with Crippen molar-refractivity contribution in [2.24, 2.45) is 0 Å². The molecule has 18 heavy (non-hydrogen) atoms. The number of aryl methyl sites for hydroxylation is 1. The molecule has 0 fully saturated rings. The van der Waals surface area contributed by atoms with E-state index in [0.29, 0.717) is 12.8 Å². The highest BCUT2D eigenvalue weighted by Gasteiger charge is 2.20. The minimum atomic E-state index is -0.625. The summed E-state index contributed by atoms with van der Waals surface area (Å²) in [5, 5.41) is 13.3. The zero-order valence-corrected chi connectivity index (χ0v) is 11.1. The first kappa shape index (κ1) is 14.7. The lowest BCUT2D eigenvalue weighted by Crippen LogP contribution is -2.32. The Hall–Kier alpha value is -1.39. The number of esters is 1. The maximum absolute atomic E-state index is 11.1. The number of likely N-dealkylation sites (N-methyl/N-ethyl adjacent to an activating group) is 1. The SMILES string of the molecule is CNC(CCC(=O)OC)C(O)c1ccc(C)cc1. The predicted octanol–water partition coefficient (Wildman–Crippen LogP) is 1.57. The van der Waals surface area contributed by atoms with Crippen LogP contribution in [0.2, 0.25) is 0 Å². The van der Waals surface area contributed by atoms with E-state index in [1.807, 2.05) is 31.2 Å². The van der Waals surface area contributed by atoms with Gasteiger partial charge in [0.25, 0.3) is 0 Å². The number of hydrogen-bond donors (Lipinski definition) is 2. The van der Waals surface area contributed by atoms with E-state index < -0.39 is 6.10 Å². The van der Waals surface area contributed by atoms with Crippen molar-refractivity contribution in [2.45, 2.75) is 31.9 Å². The van der Waals surface area contributed by atoms with Gasteiger partial charge in [-0.15, -0.1) is 0 Å². The molecule has 1 aromatic carbocycles. The number of ether oxygens (including phenoxy) is 1. The quantitative estimate of drug-likeness (QED) is 0.753. The number of carbonyl (C=O) groups is 1. The number of benzene rings is 1. The minimum absolute atomic E-state index is 0.160. The normalized spacial score (nSPS) is 14.0. The van der Waals surface area contributed by atoms with Crippen LogP contribution in [-0.2, 0) is 9.53 Å². The Morgan fingerprint density at radius 1 is 1.39 bits per heavy atom. The monoisotopic (exact) mass is 251 g/mol. The highest BCUT2D eigenvalue weighted by atomic mass is 16.5. The van der Waals surface area contributed by atoms with Gasteiger partial charge in [0, 0.05) is 12.5 Å². The second kappa shape index (κ2) is 7.13. The Bertz CT molecular complexity index is 375. The molecule has 0 amide bonds. The third kappa shape index (κ3) is 4.13. The first-order valence-electron chi connectivity index (χ1n) is 6.07. The van der Waals surface area contributed by atoms with Crippen molar-refractivity contribution in [3.63, 3.8) is 0 Å². The minimum Gasteiger partial charge on any atom is -0.469 e. The average Bonchev–Trinajstić information content (AvgIpc) is 2.39. The van der Waals surface area contributed by atoms with Gasteiger partial charge in [-0.05, 0) is 26.0 Å². The van der Waals surface area contributed by atoms with E-state index in [9.17, 15) is 9.90 Å². The lowest BCUT2D eigenvalue weighted by atomic mass is 9.98. The zero-order valence-electron chi connectivity index (χ0n) is 11.1. The van der Waals surface area contributed by atoms with Crippen molar-refractivity contribution >= 4 is 5.97 Å². The summed E-state index contributed by atoms with van der Waals surface area (Å²) in [5.41, 5.74) is 2.01. The molecule has 2 unspecified atom stereocenters. The van der Waals surface area contributed by atoms with Crippen LogP contribution in [0.4, 0.5) is 0 Å².